The Morgan fingerprint density at radius 2 is 0.513 bits per heavy atom. The van der Waals surface area contributed by atoms with E-state index in [2.05, 4.69) is 142 Å². The van der Waals surface area contributed by atoms with Crippen LogP contribution in [-0.4, -0.2) is 37.2 Å². The number of rotatable bonds is 56. The Morgan fingerprint density at radius 3 is 0.803 bits per heavy atom. The lowest BCUT2D eigenvalue weighted by atomic mass is 10.1. The molecule has 6 nitrogen and oxygen atoms in total. The van der Waals surface area contributed by atoms with E-state index in [0.717, 1.165) is 135 Å². The molecule has 0 rings (SSSR count). The van der Waals surface area contributed by atoms with E-state index in [4.69, 9.17) is 14.2 Å². The van der Waals surface area contributed by atoms with Crippen LogP contribution in [0.15, 0.2) is 122 Å². The summed E-state index contributed by atoms with van der Waals surface area (Å²) in [5, 5.41) is 0. The van der Waals surface area contributed by atoms with E-state index in [-0.39, 0.29) is 31.1 Å². The molecule has 0 N–H and O–H groups in total. The van der Waals surface area contributed by atoms with Crippen LogP contribution >= 0.6 is 0 Å². The Bertz CT molecular complexity index is 1590. The highest BCUT2D eigenvalue weighted by Crippen LogP contribution is 2.15. The first kappa shape index (κ1) is 71.8. The number of allylic oxidation sites excluding steroid dienone is 20. The molecule has 0 heterocycles. The number of carbonyl (C=O) groups is 3. The fourth-order valence-corrected chi connectivity index (χ4v) is 8.51. The zero-order valence-corrected chi connectivity index (χ0v) is 49.5. The molecule has 0 radical (unpaired) electrons. The smallest absolute Gasteiger partial charge is 0.306 e. The third-order valence-corrected chi connectivity index (χ3v) is 13.2. The molecule has 1 atom stereocenters. The van der Waals surface area contributed by atoms with Crippen molar-refractivity contribution >= 4 is 17.9 Å². The molecule has 0 aliphatic heterocycles. The van der Waals surface area contributed by atoms with E-state index < -0.39 is 6.10 Å². The van der Waals surface area contributed by atoms with Gasteiger partial charge in [0.1, 0.15) is 13.2 Å². The third kappa shape index (κ3) is 60.7. The molecule has 0 amide bonds. The van der Waals surface area contributed by atoms with Gasteiger partial charge >= 0.3 is 17.9 Å². The topological polar surface area (TPSA) is 78.9 Å². The minimum Gasteiger partial charge on any atom is -0.462 e. The molecule has 0 saturated heterocycles. The highest BCUT2D eigenvalue weighted by atomic mass is 16.6. The quantitative estimate of drug-likeness (QED) is 0.0261. The zero-order valence-electron chi connectivity index (χ0n) is 49.5. The summed E-state index contributed by atoms with van der Waals surface area (Å²) in [6.07, 6.45) is 87.6. The van der Waals surface area contributed by atoms with Crippen molar-refractivity contribution in [3.05, 3.63) is 122 Å². The molecular weight excluding hydrogens is 937 g/mol. The van der Waals surface area contributed by atoms with Crippen LogP contribution < -0.4 is 0 Å². The van der Waals surface area contributed by atoms with Gasteiger partial charge in [-0.3, -0.25) is 14.4 Å². The van der Waals surface area contributed by atoms with Crippen molar-refractivity contribution < 1.29 is 28.6 Å². The first-order chi connectivity index (χ1) is 37.5. The van der Waals surface area contributed by atoms with Crippen molar-refractivity contribution in [1.82, 2.24) is 0 Å². The molecule has 1 unspecified atom stereocenters. The van der Waals surface area contributed by atoms with E-state index in [1.165, 1.54) is 109 Å². The van der Waals surface area contributed by atoms with Crippen molar-refractivity contribution in [2.75, 3.05) is 13.2 Å². The number of esters is 3. The summed E-state index contributed by atoms with van der Waals surface area (Å²) in [6, 6.07) is 0. The Kier molecular flexibility index (Phi) is 59.9. The predicted octanol–water partition coefficient (Wildman–Crippen LogP) is 21.6. The summed E-state index contributed by atoms with van der Waals surface area (Å²) in [5.41, 5.74) is 0. The van der Waals surface area contributed by atoms with Crippen LogP contribution in [0.1, 0.15) is 284 Å². The van der Waals surface area contributed by atoms with Crippen LogP contribution in [0.4, 0.5) is 0 Å². The van der Waals surface area contributed by atoms with Crippen LogP contribution in [0.3, 0.4) is 0 Å². The fourth-order valence-electron chi connectivity index (χ4n) is 8.51. The molecule has 0 fully saturated rings. The Morgan fingerprint density at radius 1 is 0.276 bits per heavy atom. The maximum absolute atomic E-state index is 12.9. The van der Waals surface area contributed by atoms with Gasteiger partial charge in [0, 0.05) is 19.3 Å². The number of carbonyl (C=O) groups excluding carboxylic acids is 3. The molecule has 0 spiro atoms. The molecular formula is C70H116O6. The molecule has 0 aromatic heterocycles. The molecule has 432 valence electrons. The zero-order chi connectivity index (χ0) is 55.0. The van der Waals surface area contributed by atoms with Gasteiger partial charge in [0.25, 0.3) is 0 Å². The largest absolute Gasteiger partial charge is 0.462 e. The average Bonchev–Trinajstić information content (AvgIpc) is 3.42. The number of hydrogen-bond acceptors (Lipinski definition) is 6. The second kappa shape index (κ2) is 63.3. The van der Waals surface area contributed by atoms with Crippen molar-refractivity contribution in [3.8, 4) is 0 Å². The summed E-state index contributed by atoms with van der Waals surface area (Å²) >= 11 is 0. The minimum absolute atomic E-state index is 0.0923. The van der Waals surface area contributed by atoms with Crippen molar-refractivity contribution in [1.29, 1.82) is 0 Å². The minimum atomic E-state index is -0.796. The van der Waals surface area contributed by atoms with Gasteiger partial charge in [-0.1, -0.05) is 258 Å². The molecule has 0 saturated carbocycles. The third-order valence-electron chi connectivity index (χ3n) is 13.2. The highest BCUT2D eigenvalue weighted by Gasteiger charge is 2.19. The molecule has 0 aliphatic carbocycles. The normalized spacial score (nSPS) is 12.9. The molecule has 0 aromatic carbocycles. The van der Waals surface area contributed by atoms with Gasteiger partial charge < -0.3 is 14.2 Å². The Balaban J connectivity index is 4.44. The molecule has 0 bridgehead atoms. The van der Waals surface area contributed by atoms with E-state index in [1.807, 2.05) is 0 Å². The van der Waals surface area contributed by atoms with Gasteiger partial charge in [-0.2, -0.15) is 0 Å². The summed E-state index contributed by atoms with van der Waals surface area (Å²) in [6.45, 7) is 6.39. The van der Waals surface area contributed by atoms with E-state index in [1.54, 1.807) is 0 Å². The number of ether oxygens (including phenoxy) is 3. The average molecular weight is 1050 g/mol. The first-order valence-electron chi connectivity index (χ1n) is 31.5. The van der Waals surface area contributed by atoms with Gasteiger partial charge in [0.15, 0.2) is 6.10 Å². The molecule has 6 heteroatoms. The number of hydrogen-bond donors (Lipinski definition) is 0. The number of unbranched alkanes of at least 4 members (excludes halogenated alkanes) is 25. The molecule has 0 aliphatic rings. The van der Waals surface area contributed by atoms with Crippen LogP contribution in [0.5, 0.6) is 0 Å². The summed E-state index contributed by atoms with van der Waals surface area (Å²) in [5.74, 6) is -0.916. The van der Waals surface area contributed by atoms with Gasteiger partial charge in [-0.15, -0.1) is 0 Å². The van der Waals surface area contributed by atoms with Crippen molar-refractivity contribution in [2.24, 2.45) is 0 Å². The summed E-state index contributed by atoms with van der Waals surface area (Å²) < 4.78 is 16.9. The SMILES string of the molecule is CC/C=C\C/C=C\C/C=C\C/C=C\C/C=C\CCCCCCCCCC(=O)OCC(COC(=O)CCCCCCCCC/C=C\C/C=C\C/C=C\CC)OC(=O)CCCCCCCCC/C=C\C/C=C\CCCCCC. The highest BCUT2D eigenvalue weighted by molar-refractivity contribution is 5.71. The van der Waals surface area contributed by atoms with E-state index in [9.17, 15) is 14.4 Å². The predicted molar refractivity (Wildman–Crippen MR) is 330 cm³/mol. The maximum Gasteiger partial charge on any atom is 0.306 e. The van der Waals surface area contributed by atoms with Crippen LogP contribution in [0, 0.1) is 0 Å². The van der Waals surface area contributed by atoms with Gasteiger partial charge in [0.05, 0.1) is 0 Å². The van der Waals surface area contributed by atoms with Crippen molar-refractivity contribution in [2.45, 2.75) is 290 Å². The lowest BCUT2D eigenvalue weighted by Crippen LogP contribution is -2.30. The second-order valence-electron chi connectivity index (χ2n) is 20.5. The molecule has 76 heavy (non-hydrogen) atoms. The lowest BCUT2D eigenvalue weighted by molar-refractivity contribution is -0.167. The Labute approximate surface area is 469 Å². The van der Waals surface area contributed by atoms with Gasteiger partial charge in [-0.05, 0) is 128 Å². The van der Waals surface area contributed by atoms with Gasteiger partial charge in [-0.25, -0.2) is 0 Å². The standard InChI is InChI=1S/C70H116O6/c1-4-7-10-13-16-19-22-25-28-31-33-34-35-36-37-40-42-45-48-51-54-57-60-63-69(72)75-66-67(65-74-68(71)62-59-56-53-50-47-44-41-38-30-27-24-21-18-15-12-9-6-3)76-70(73)64-61-58-55-52-49-46-43-39-32-29-26-23-20-17-14-11-8-5-2/h7,9-10,12,16,18-21,23,25,27-30,32-34,36-37,67H,4-6,8,11,13-15,17,22,24,26,31,35,38-66H2,1-3H3/b10-7-,12-9-,19-16-,21-18-,23-20-,28-25-,30-27-,32-29-,34-33-,37-36-. The summed E-state index contributed by atoms with van der Waals surface area (Å²) in [7, 11) is 0. The lowest BCUT2D eigenvalue weighted by Gasteiger charge is -2.18. The van der Waals surface area contributed by atoms with Crippen LogP contribution in [0.25, 0.3) is 0 Å². The fraction of sp³-hybridized carbons (Fsp3) is 0.671. The van der Waals surface area contributed by atoms with Crippen molar-refractivity contribution in [3.63, 3.8) is 0 Å². The first-order valence-corrected chi connectivity index (χ1v) is 31.5. The monoisotopic (exact) mass is 1050 g/mol. The second-order valence-corrected chi connectivity index (χ2v) is 20.5. The van der Waals surface area contributed by atoms with Gasteiger partial charge in [0.2, 0.25) is 0 Å². The van der Waals surface area contributed by atoms with E-state index >= 15 is 0 Å². The van der Waals surface area contributed by atoms with Crippen LogP contribution in [0.2, 0.25) is 0 Å². The van der Waals surface area contributed by atoms with Crippen LogP contribution in [-0.2, 0) is 28.6 Å². The maximum atomic E-state index is 12.9. The summed E-state index contributed by atoms with van der Waals surface area (Å²) in [4.78, 5) is 38.3. The van der Waals surface area contributed by atoms with E-state index in [0.29, 0.717) is 19.3 Å². The molecule has 0 aromatic rings. The Hall–Kier alpha value is -4.19.